The van der Waals surface area contributed by atoms with Gasteiger partial charge in [-0.15, -0.1) is 5.10 Å². The van der Waals surface area contributed by atoms with Crippen LogP contribution in [0.4, 0.5) is 5.95 Å². The van der Waals surface area contributed by atoms with E-state index in [-0.39, 0.29) is 6.04 Å². The molecular weight excluding hydrogens is 297 g/mol. The van der Waals surface area contributed by atoms with E-state index in [4.69, 9.17) is 28.9 Å². The zero-order valence-corrected chi connectivity index (χ0v) is 12.3. The molecule has 0 amide bonds. The second-order valence-corrected chi connectivity index (χ2v) is 5.74. The maximum atomic E-state index is 6.18. The van der Waals surface area contributed by atoms with Gasteiger partial charge in [0.15, 0.2) is 5.82 Å². The number of piperidine rings is 1. The largest absolute Gasteiger partial charge is 0.338 e. The first kappa shape index (κ1) is 13.7. The number of nitrogens with one attached hydrogen (secondary N) is 1. The molecule has 7 heteroatoms. The first-order valence-electron chi connectivity index (χ1n) is 6.52. The maximum absolute atomic E-state index is 6.18. The Morgan fingerprint density at radius 2 is 2.05 bits per heavy atom. The minimum Gasteiger partial charge on any atom is -0.338 e. The third-order valence-electron chi connectivity index (χ3n) is 3.41. The Morgan fingerprint density at radius 1 is 1.30 bits per heavy atom. The topological polar surface area (TPSA) is 70.8 Å². The second-order valence-electron chi connectivity index (χ2n) is 4.93. The molecule has 1 aliphatic heterocycles. The highest BCUT2D eigenvalue weighted by atomic mass is 35.5. The highest BCUT2D eigenvalue weighted by Crippen LogP contribution is 2.33. The van der Waals surface area contributed by atoms with Gasteiger partial charge in [-0.2, -0.15) is 4.98 Å². The van der Waals surface area contributed by atoms with E-state index in [1.807, 2.05) is 0 Å². The first-order valence-corrected chi connectivity index (χ1v) is 7.28. The molecule has 1 atom stereocenters. The third kappa shape index (κ3) is 2.61. The number of nitrogens with zero attached hydrogens (tertiary/aromatic N) is 3. The van der Waals surface area contributed by atoms with E-state index < -0.39 is 0 Å². The van der Waals surface area contributed by atoms with Gasteiger partial charge in [-0.25, -0.2) is 0 Å². The van der Waals surface area contributed by atoms with E-state index in [0.29, 0.717) is 27.4 Å². The van der Waals surface area contributed by atoms with Gasteiger partial charge in [0.05, 0.1) is 15.6 Å². The monoisotopic (exact) mass is 311 g/mol. The summed E-state index contributed by atoms with van der Waals surface area (Å²) in [6.45, 7) is 1.69. The molecule has 3 N–H and O–H groups in total. The molecular formula is C13H15Cl2N5. The highest BCUT2D eigenvalue weighted by Gasteiger charge is 2.21. The van der Waals surface area contributed by atoms with Crippen molar-refractivity contribution in [3.63, 3.8) is 0 Å². The summed E-state index contributed by atoms with van der Waals surface area (Å²) >= 11 is 12.4. The van der Waals surface area contributed by atoms with Crippen molar-refractivity contribution >= 4 is 29.2 Å². The van der Waals surface area contributed by atoms with Crippen LogP contribution < -0.4 is 10.6 Å². The summed E-state index contributed by atoms with van der Waals surface area (Å²) < 4.78 is 0. The molecule has 0 saturated carbocycles. The number of aromatic nitrogens is 3. The number of anilines is 1. The zero-order chi connectivity index (χ0) is 14.1. The van der Waals surface area contributed by atoms with Crippen LogP contribution in [0.15, 0.2) is 18.2 Å². The smallest absolute Gasteiger partial charge is 0.245 e. The molecule has 5 nitrogen and oxygen atoms in total. The minimum absolute atomic E-state index is 0.176. The average Bonchev–Trinajstić information content (AvgIpc) is 2.88. The Hall–Kier alpha value is -1.30. The molecule has 1 fully saturated rings. The SMILES string of the molecule is NC1CCCN(c2n[nH]c(-c3c(Cl)cccc3Cl)n2)C1. The fourth-order valence-corrected chi connectivity index (χ4v) is 3.00. The lowest BCUT2D eigenvalue weighted by molar-refractivity contribution is 0.500. The predicted molar refractivity (Wildman–Crippen MR) is 81.3 cm³/mol. The van der Waals surface area contributed by atoms with Crippen molar-refractivity contribution in [3.05, 3.63) is 28.2 Å². The lowest BCUT2D eigenvalue weighted by Gasteiger charge is -2.29. The van der Waals surface area contributed by atoms with Crippen molar-refractivity contribution in [3.8, 4) is 11.4 Å². The summed E-state index contributed by atoms with van der Waals surface area (Å²) in [5.41, 5.74) is 6.66. The molecule has 0 spiro atoms. The standard InChI is InChI=1S/C13H15Cl2N5/c14-9-4-1-5-10(15)11(9)12-17-13(19-18-12)20-6-2-3-8(16)7-20/h1,4-5,8H,2-3,6-7,16H2,(H,17,18,19). The maximum Gasteiger partial charge on any atom is 0.245 e. The lowest BCUT2D eigenvalue weighted by atomic mass is 10.1. The van der Waals surface area contributed by atoms with Crippen LogP contribution in [0.3, 0.4) is 0 Å². The molecule has 1 saturated heterocycles. The number of rotatable bonds is 2. The van der Waals surface area contributed by atoms with Crippen LogP contribution in [0.1, 0.15) is 12.8 Å². The molecule has 2 heterocycles. The second kappa shape index (κ2) is 5.60. The molecule has 1 aromatic carbocycles. The van der Waals surface area contributed by atoms with Crippen molar-refractivity contribution in [2.75, 3.05) is 18.0 Å². The molecule has 20 heavy (non-hydrogen) atoms. The molecule has 0 aliphatic carbocycles. The Bertz CT molecular complexity index is 592. The number of aromatic amines is 1. The number of halogens is 2. The van der Waals surface area contributed by atoms with Gasteiger partial charge in [0.2, 0.25) is 5.95 Å². The van der Waals surface area contributed by atoms with Gasteiger partial charge in [-0.1, -0.05) is 29.3 Å². The fraction of sp³-hybridized carbons (Fsp3) is 0.385. The van der Waals surface area contributed by atoms with Crippen molar-refractivity contribution in [2.45, 2.75) is 18.9 Å². The van der Waals surface area contributed by atoms with Crippen LogP contribution in [0.5, 0.6) is 0 Å². The van der Waals surface area contributed by atoms with Crippen LogP contribution in [0.2, 0.25) is 10.0 Å². The molecule has 1 aromatic heterocycles. The lowest BCUT2D eigenvalue weighted by Crippen LogP contribution is -2.43. The summed E-state index contributed by atoms with van der Waals surface area (Å²) in [6, 6.07) is 5.54. The van der Waals surface area contributed by atoms with Crippen LogP contribution in [0.25, 0.3) is 11.4 Å². The normalized spacial score (nSPS) is 19.4. The van der Waals surface area contributed by atoms with Crippen LogP contribution in [0, 0.1) is 0 Å². The van der Waals surface area contributed by atoms with Gasteiger partial charge in [-0.05, 0) is 25.0 Å². The van der Waals surface area contributed by atoms with Crippen LogP contribution in [-0.2, 0) is 0 Å². The van der Waals surface area contributed by atoms with E-state index in [0.717, 1.165) is 25.9 Å². The van der Waals surface area contributed by atoms with E-state index in [1.54, 1.807) is 18.2 Å². The third-order valence-corrected chi connectivity index (χ3v) is 4.04. The Labute approximate surface area is 127 Å². The van der Waals surface area contributed by atoms with Gasteiger partial charge >= 0.3 is 0 Å². The number of nitrogens with two attached hydrogens (primary N) is 1. The van der Waals surface area contributed by atoms with Gasteiger partial charge in [0.1, 0.15) is 0 Å². The van der Waals surface area contributed by atoms with Crippen LogP contribution in [-0.4, -0.2) is 34.3 Å². The molecule has 106 valence electrons. The van der Waals surface area contributed by atoms with Gasteiger partial charge in [-0.3, -0.25) is 5.10 Å². The predicted octanol–water partition coefficient (Wildman–Crippen LogP) is 2.71. The number of H-pyrrole nitrogens is 1. The van der Waals surface area contributed by atoms with Gasteiger partial charge in [0, 0.05) is 19.1 Å². The number of hydrogen-bond donors (Lipinski definition) is 2. The molecule has 1 aliphatic rings. The van der Waals surface area contributed by atoms with Crippen molar-refractivity contribution in [1.29, 1.82) is 0 Å². The van der Waals surface area contributed by atoms with E-state index in [1.165, 1.54) is 0 Å². The Kier molecular flexibility index (Phi) is 3.83. The van der Waals surface area contributed by atoms with Gasteiger partial charge < -0.3 is 10.6 Å². The Balaban J connectivity index is 1.90. The molecule has 0 radical (unpaired) electrons. The van der Waals surface area contributed by atoms with Gasteiger partial charge in [0.25, 0.3) is 0 Å². The van der Waals surface area contributed by atoms with E-state index in [9.17, 15) is 0 Å². The Morgan fingerprint density at radius 3 is 2.75 bits per heavy atom. The minimum atomic E-state index is 0.176. The molecule has 3 rings (SSSR count). The highest BCUT2D eigenvalue weighted by molar-refractivity contribution is 6.38. The van der Waals surface area contributed by atoms with E-state index in [2.05, 4.69) is 20.1 Å². The average molecular weight is 312 g/mol. The summed E-state index contributed by atoms with van der Waals surface area (Å²) in [5.74, 6) is 1.22. The summed E-state index contributed by atoms with van der Waals surface area (Å²) in [7, 11) is 0. The van der Waals surface area contributed by atoms with Crippen molar-refractivity contribution in [1.82, 2.24) is 15.2 Å². The van der Waals surface area contributed by atoms with Crippen molar-refractivity contribution < 1.29 is 0 Å². The molecule has 0 bridgehead atoms. The first-order chi connectivity index (χ1) is 9.65. The molecule has 2 aromatic rings. The summed E-state index contributed by atoms with van der Waals surface area (Å²) in [4.78, 5) is 6.58. The molecule has 1 unspecified atom stereocenters. The number of hydrogen-bond acceptors (Lipinski definition) is 4. The zero-order valence-electron chi connectivity index (χ0n) is 10.8. The quantitative estimate of drug-likeness (QED) is 0.894. The van der Waals surface area contributed by atoms with E-state index >= 15 is 0 Å². The summed E-state index contributed by atoms with van der Waals surface area (Å²) in [5, 5.41) is 8.26. The number of benzene rings is 1. The van der Waals surface area contributed by atoms with Crippen LogP contribution >= 0.6 is 23.2 Å². The van der Waals surface area contributed by atoms with Crippen molar-refractivity contribution in [2.24, 2.45) is 5.73 Å². The summed E-state index contributed by atoms with van der Waals surface area (Å²) in [6.07, 6.45) is 2.10. The fourth-order valence-electron chi connectivity index (χ4n) is 2.42.